The first-order chi connectivity index (χ1) is 16.3. The van der Waals surface area contributed by atoms with Gasteiger partial charge in [-0.15, -0.1) is 11.3 Å². The summed E-state index contributed by atoms with van der Waals surface area (Å²) < 4.78 is 75.3. The SMILES string of the molecule is CN1CC[C@@H](Oc2cc(NS(=O)(=O)c3sc(Cl)cc3-c3ccc(Cl)c(Cl)c3)ccc2C(F)(F)F)C1. The molecule has 1 fully saturated rings. The fourth-order valence-electron chi connectivity index (χ4n) is 3.70. The van der Waals surface area contributed by atoms with Gasteiger partial charge in [0.05, 0.1) is 25.6 Å². The smallest absolute Gasteiger partial charge is 0.419 e. The number of sulfonamides is 1. The van der Waals surface area contributed by atoms with E-state index in [4.69, 9.17) is 39.5 Å². The Balaban J connectivity index is 1.68. The number of likely N-dealkylation sites (N-methyl/N-ethyl adjacent to an activating group) is 1. The fourth-order valence-corrected chi connectivity index (χ4v) is 6.95. The standard InChI is InChI=1S/C22H18Cl3F3N2O3S2/c1-30-7-6-14(11-30)33-19-9-13(3-4-16(19)22(26,27)28)29-35(31,32)21-15(10-20(25)34-21)12-2-5-17(23)18(24)8-12/h2-5,8-10,14,29H,6-7,11H2,1H3/t14-/m1/s1. The summed E-state index contributed by atoms with van der Waals surface area (Å²) in [6.07, 6.45) is -4.55. The lowest BCUT2D eigenvalue weighted by molar-refractivity contribution is -0.139. The molecule has 0 amide bonds. The summed E-state index contributed by atoms with van der Waals surface area (Å²) in [4.78, 5) is 1.94. The van der Waals surface area contributed by atoms with Crippen LogP contribution in [0, 0.1) is 0 Å². The molecule has 13 heteroatoms. The van der Waals surface area contributed by atoms with Crippen LogP contribution < -0.4 is 9.46 Å². The van der Waals surface area contributed by atoms with E-state index >= 15 is 0 Å². The van der Waals surface area contributed by atoms with Gasteiger partial charge in [-0.05, 0) is 49.4 Å². The second-order valence-electron chi connectivity index (χ2n) is 7.99. The van der Waals surface area contributed by atoms with E-state index in [1.54, 1.807) is 6.07 Å². The van der Waals surface area contributed by atoms with E-state index in [2.05, 4.69) is 4.72 Å². The average molecular weight is 586 g/mol. The molecule has 2 heterocycles. The van der Waals surface area contributed by atoms with E-state index in [-0.39, 0.29) is 24.8 Å². The van der Waals surface area contributed by atoms with Gasteiger partial charge in [0.1, 0.15) is 16.1 Å². The van der Waals surface area contributed by atoms with Gasteiger partial charge in [-0.1, -0.05) is 40.9 Å². The average Bonchev–Trinajstić information content (AvgIpc) is 3.35. The van der Waals surface area contributed by atoms with E-state index in [1.165, 1.54) is 18.2 Å². The zero-order valence-electron chi connectivity index (χ0n) is 18.0. The lowest BCUT2D eigenvalue weighted by atomic mass is 10.1. The van der Waals surface area contributed by atoms with Crippen LogP contribution in [-0.2, 0) is 16.2 Å². The minimum absolute atomic E-state index is 0.0797. The normalized spacial score (nSPS) is 17.1. The van der Waals surface area contributed by atoms with E-state index in [9.17, 15) is 21.6 Å². The van der Waals surface area contributed by atoms with E-state index in [0.717, 1.165) is 29.5 Å². The Kier molecular flexibility index (Phi) is 7.53. The fraction of sp³-hybridized carbons (Fsp3) is 0.273. The Hall–Kier alpha value is -1.69. The lowest BCUT2D eigenvalue weighted by Gasteiger charge is -2.19. The highest BCUT2D eigenvalue weighted by atomic mass is 35.5. The van der Waals surface area contributed by atoms with Crippen molar-refractivity contribution in [3.63, 3.8) is 0 Å². The van der Waals surface area contributed by atoms with Crippen LogP contribution in [0.2, 0.25) is 14.4 Å². The third-order valence-electron chi connectivity index (χ3n) is 5.32. The maximum absolute atomic E-state index is 13.6. The van der Waals surface area contributed by atoms with Gasteiger partial charge in [0, 0.05) is 24.7 Å². The third kappa shape index (κ3) is 6.00. The van der Waals surface area contributed by atoms with E-state index in [1.807, 2.05) is 11.9 Å². The number of anilines is 1. The minimum atomic E-state index is -4.67. The van der Waals surface area contributed by atoms with Gasteiger partial charge in [0.15, 0.2) is 0 Å². The molecule has 1 aliphatic rings. The van der Waals surface area contributed by atoms with Crippen molar-refractivity contribution in [2.75, 3.05) is 24.9 Å². The molecule has 0 radical (unpaired) electrons. The first-order valence-corrected chi connectivity index (χ1v) is 13.6. The van der Waals surface area contributed by atoms with Gasteiger partial charge < -0.3 is 9.64 Å². The van der Waals surface area contributed by atoms with Gasteiger partial charge in [0.25, 0.3) is 10.0 Å². The van der Waals surface area contributed by atoms with Crippen LogP contribution in [0.3, 0.4) is 0 Å². The second kappa shape index (κ2) is 9.99. The van der Waals surface area contributed by atoms with Crippen LogP contribution >= 0.6 is 46.1 Å². The molecule has 0 spiro atoms. The minimum Gasteiger partial charge on any atom is -0.488 e. The number of nitrogens with one attached hydrogen (secondary N) is 1. The van der Waals surface area contributed by atoms with Crippen molar-refractivity contribution in [1.29, 1.82) is 0 Å². The Morgan fingerprint density at radius 2 is 1.83 bits per heavy atom. The number of likely N-dealkylation sites (tertiary alicyclic amines) is 1. The van der Waals surface area contributed by atoms with Crippen molar-refractivity contribution in [1.82, 2.24) is 4.90 Å². The van der Waals surface area contributed by atoms with Gasteiger partial charge in [-0.25, -0.2) is 8.42 Å². The van der Waals surface area contributed by atoms with Crippen LogP contribution in [0.15, 0.2) is 46.7 Å². The van der Waals surface area contributed by atoms with Crippen molar-refractivity contribution < 1.29 is 26.3 Å². The summed E-state index contributed by atoms with van der Waals surface area (Å²) in [7, 11) is -2.39. The molecule has 188 valence electrons. The highest BCUT2D eigenvalue weighted by Gasteiger charge is 2.36. The Bertz CT molecular complexity index is 1360. The first-order valence-electron chi connectivity index (χ1n) is 10.2. The topological polar surface area (TPSA) is 58.6 Å². The molecule has 1 aliphatic heterocycles. The molecule has 1 N–H and O–H groups in total. The predicted octanol–water partition coefficient (Wildman–Crippen LogP) is 7.28. The molecule has 1 saturated heterocycles. The Morgan fingerprint density at radius 1 is 1.09 bits per heavy atom. The summed E-state index contributed by atoms with van der Waals surface area (Å²) in [6, 6.07) is 8.98. The lowest BCUT2D eigenvalue weighted by Crippen LogP contribution is -2.23. The second-order valence-corrected chi connectivity index (χ2v) is 12.4. The molecule has 2 aromatic carbocycles. The molecule has 0 unspecified atom stereocenters. The number of ether oxygens (including phenoxy) is 1. The molecule has 3 aromatic rings. The van der Waals surface area contributed by atoms with Gasteiger partial charge in [-0.3, -0.25) is 4.72 Å². The number of hydrogen-bond donors (Lipinski definition) is 1. The molecule has 35 heavy (non-hydrogen) atoms. The number of benzene rings is 2. The van der Waals surface area contributed by atoms with E-state index in [0.29, 0.717) is 30.1 Å². The van der Waals surface area contributed by atoms with Crippen LogP contribution in [-0.4, -0.2) is 39.6 Å². The monoisotopic (exact) mass is 584 g/mol. The number of nitrogens with zero attached hydrogens (tertiary/aromatic N) is 1. The summed E-state index contributed by atoms with van der Waals surface area (Å²) >= 11 is 19.0. The van der Waals surface area contributed by atoms with Crippen LogP contribution in [0.1, 0.15) is 12.0 Å². The molecule has 1 atom stereocenters. The van der Waals surface area contributed by atoms with Crippen molar-refractivity contribution >= 4 is 61.9 Å². The number of halogens is 6. The molecule has 0 bridgehead atoms. The predicted molar refractivity (Wildman–Crippen MR) is 134 cm³/mol. The summed E-state index contributed by atoms with van der Waals surface area (Å²) in [5, 5.41) is 0.523. The van der Waals surface area contributed by atoms with Crippen LogP contribution in [0.5, 0.6) is 5.75 Å². The number of hydrogen-bond acceptors (Lipinski definition) is 5. The Morgan fingerprint density at radius 3 is 2.46 bits per heavy atom. The third-order valence-corrected chi connectivity index (χ3v) is 9.24. The summed E-state index contributed by atoms with van der Waals surface area (Å²) in [6.45, 7) is 1.16. The molecular formula is C22H18Cl3F3N2O3S2. The molecule has 1 aromatic heterocycles. The van der Waals surface area contributed by atoms with Crippen LogP contribution in [0.25, 0.3) is 11.1 Å². The van der Waals surface area contributed by atoms with Crippen molar-refractivity contribution in [3.05, 3.63) is 62.4 Å². The molecule has 4 rings (SSSR count). The number of alkyl halides is 3. The van der Waals surface area contributed by atoms with Crippen LogP contribution in [0.4, 0.5) is 18.9 Å². The zero-order chi connectivity index (χ0) is 25.5. The summed E-state index contributed by atoms with van der Waals surface area (Å²) in [5.74, 6) is -0.438. The van der Waals surface area contributed by atoms with E-state index < -0.39 is 33.6 Å². The zero-order valence-corrected chi connectivity index (χ0v) is 21.9. The van der Waals surface area contributed by atoms with Crippen molar-refractivity contribution in [2.45, 2.75) is 22.9 Å². The molecule has 0 saturated carbocycles. The van der Waals surface area contributed by atoms with Gasteiger partial charge in [0.2, 0.25) is 0 Å². The molecular weight excluding hydrogens is 568 g/mol. The molecule has 5 nitrogen and oxygen atoms in total. The quantitative estimate of drug-likeness (QED) is 0.330. The first kappa shape index (κ1) is 26.4. The van der Waals surface area contributed by atoms with Gasteiger partial charge >= 0.3 is 6.18 Å². The maximum atomic E-state index is 13.6. The number of rotatable bonds is 6. The number of thiophene rings is 1. The largest absolute Gasteiger partial charge is 0.488 e. The van der Waals surface area contributed by atoms with Crippen molar-refractivity contribution in [2.24, 2.45) is 0 Å². The highest BCUT2D eigenvalue weighted by Crippen LogP contribution is 2.42. The summed E-state index contributed by atoms with van der Waals surface area (Å²) in [5.41, 5.74) is -0.317. The molecule has 0 aliphatic carbocycles. The van der Waals surface area contributed by atoms with Gasteiger partial charge in [-0.2, -0.15) is 13.2 Å². The highest BCUT2D eigenvalue weighted by molar-refractivity contribution is 7.94. The van der Waals surface area contributed by atoms with Crippen molar-refractivity contribution in [3.8, 4) is 16.9 Å². The Labute approximate surface area is 219 Å². The maximum Gasteiger partial charge on any atom is 0.419 e.